The van der Waals surface area contributed by atoms with Gasteiger partial charge in [-0.05, 0) is 55.2 Å². The van der Waals surface area contributed by atoms with Crippen LogP contribution in [0.3, 0.4) is 0 Å². The van der Waals surface area contributed by atoms with Crippen LogP contribution in [-0.2, 0) is 5.60 Å². The summed E-state index contributed by atoms with van der Waals surface area (Å²) in [6.45, 7) is 6.05. The highest BCUT2D eigenvalue weighted by Crippen LogP contribution is 2.39. The van der Waals surface area contributed by atoms with Crippen LogP contribution in [0.4, 0.5) is 18.9 Å². The van der Waals surface area contributed by atoms with Gasteiger partial charge >= 0.3 is 6.18 Å². The quantitative estimate of drug-likeness (QED) is 0.449. The third-order valence-corrected chi connectivity index (χ3v) is 5.47. The van der Waals surface area contributed by atoms with Crippen molar-refractivity contribution in [2.45, 2.75) is 45.4 Å². The zero-order valence-corrected chi connectivity index (χ0v) is 19.3. The van der Waals surface area contributed by atoms with Crippen LogP contribution in [0.25, 0.3) is 0 Å². The van der Waals surface area contributed by atoms with Gasteiger partial charge in [-0.15, -0.1) is 0 Å². The smallest absolute Gasteiger partial charge is 0.424 e. The number of halogens is 3. The Hall–Kier alpha value is -2.85. The predicted molar refractivity (Wildman–Crippen MR) is 119 cm³/mol. The number of amides is 1. The number of pyridine rings is 1. The second kappa shape index (κ2) is 10.4. The number of aryl methyl sites for hydroxylation is 1. The number of carbonyl (C=O) groups excluding carboxylic acids is 1. The van der Waals surface area contributed by atoms with Crippen molar-refractivity contribution in [3.63, 3.8) is 0 Å². The number of nitrogens with one attached hydrogen (secondary N) is 2. The molecule has 0 aliphatic rings. The van der Waals surface area contributed by atoms with Gasteiger partial charge in [0.05, 0.1) is 31.6 Å². The van der Waals surface area contributed by atoms with Crippen LogP contribution >= 0.6 is 0 Å². The summed E-state index contributed by atoms with van der Waals surface area (Å²) in [5.74, 6) is -0.625. The molecule has 1 amide bonds. The van der Waals surface area contributed by atoms with E-state index in [1.54, 1.807) is 13.8 Å². The van der Waals surface area contributed by atoms with Crippen molar-refractivity contribution in [1.29, 1.82) is 0 Å². The molecule has 33 heavy (non-hydrogen) atoms. The van der Waals surface area contributed by atoms with E-state index >= 15 is 0 Å². The van der Waals surface area contributed by atoms with E-state index in [0.29, 0.717) is 16.9 Å². The number of alkyl halides is 3. The monoisotopic (exact) mass is 469 g/mol. The molecular formula is C23H30F3N3O4. The Morgan fingerprint density at radius 1 is 1.21 bits per heavy atom. The summed E-state index contributed by atoms with van der Waals surface area (Å²) in [5, 5.41) is 24.7. The molecule has 4 N–H and O–H groups in total. The minimum absolute atomic E-state index is 0.0434. The average Bonchev–Trinajstić information content (AvgIpc) is 2.76. The molecule has 1 unspecified atom stereocenters. The van der Waals surface area contributed by atoms with E-state index in [2.05, 4.69) is 15.6 Å². The van der Waals surface area contributed by atoms with Crippen molar-refractivity contribution in [3.05, 3.63) is 52.3 Å². The molecule has 2 rings (SSSR count). The standard InChI is InChI=1S/C23H30F3N3O4/c1-13(2)17-11-20(29-15(4)14(17)3)22(32,23(24,25)26)12-28-21(31)16-6-7-18(27-8-9-30)19(10-16)33-5/h6-7,10-11,13,27,30,32H,8-9,12H2,1-5H3,(H,28,31). The maximum absolute atomic E-state index is 14.0. The van der Waals surface area contributed by atoms with Crippen LogP contribution < -0.4 is 15.4 Å². The van der Waals surface area contributed by atoms with E-state index in [9.17, 15) is 23.1 Å². The second-order valence-electron chi connectivity index (χ2n) is 8.07. The summed E-state index contributed by atoms with van der Waals surface area (Å²) < 4.78 is 47.2. The molecule has 0 bridgehead atoms. The lowest BCUT2D eigenvalue weighted by Crippen LogP contribution is -2.51. The van der Waals surface area contributed by atoms with E-state index in [1.165, 1.54) is 31.4 Å². The minimum Gasteiger partial charge on any atom is -0.495 e. The van der Waals surface area contributed by atoms with Gasteiger partial charge in [0.2, 0.25) is 5.60 Å². The average molecular weight is 470 g/mol. The lowest BCUT2D eigenvalue weighted by Gasteiger charge is -2.31. The number of ether oxygens (including phenoxy) is 1. The molecule has 0 aliphatic carbocycles. The summed E-state index contributed by atoms with van der Waals surface area (Å²) in [5.41, 5.74) is -1.62. The Balaban J connectivity index is 2.35. The van der Waals surface area contributed by atoms with Gasteiger partial charge in [-0.1, -0.05) is 13.8 Å². The number of hydrogen-bond donors (Lipinski definition) is 4. The van der Waals surface area contributed by atoms with Gasteiger partial charge in [0, 0.05) is 17.8 Å². The Labute approximate surface area is 191 Å². The fourth-order valence-electron chi connectivity index (χ4n) is 3.39. The molecule has 0 radical (unpaired) electrons. The normalized spacial score (nSPS) is 13.5. The highest BCUT2D eigenvalue weighted by Gasteiger charge is 2.56. The van der Waals surface area contributed by atoms with Crippen molar-refractivity contribution in [3.8, 4) is 5.75 Å². The zero-order chi connectivity index (χ0) is 25.0. The summed E-state index contributed by atoms with van der Waals surface area (Å²) >= 11 is 0. The fourth-order valence-corrected chi connectivity index (χ4v) is 3.39. The second-order valence-corrected chi connectivity index (χ2v) is 8.07. The SMILES string of the molecule is COc1cc(C(=O)NCC(O)(c2cc(C(C)C)c(C)c(C)n2)C(F)(F)F)ccc1NCCO. The minimum atomic E-state index is -5.08. The summed E-state index contributed by atoms with van der Waals surface area (Å²) in [7, 11) is 1.38. The molecule has 182 valence electrons. The van der Waals surface area contributed by atoms with Crippen molar-refractivity contribution in [1.82, 2.24) is 10.3 Å². The molecular weight excluding hydrogens is 439 g/mol. The van der Waals surface area contributed by atoms with Crippen molar-refractivity contribution >= 4 is 11.6 Å². The topological polar surface area (TPSA) is 104 Å². The maximum atomic E-state index is 14.0. The van der Waals surface area contributed by atoms with Crippen LogP contribution in [0, 0.1) is 13.8 Å². The lowest BCUT2D eigenvalue weighted by molar-refractivity contribution is -0.265. The molecule has 1 aromatic carbocycles. The summed E-state index contributed by atoms with van der Waals surface area (Å²) in [6, 6.07) is 5.51. The molecule has 0 aliphatic heterocycles. The third-order valence-electron chi connectivity index (χ3n) is 5.47. The lowest BCUT2D eigenvalue weighted by atomic mass is 9.90. The Morgan fingerprint density at radius 3 is 2.42 bits per heavy atom. The number of aliphatic hydroxyl groups is 2. The van der Waals surface area contributed by atoms with Crippen LogP contribution in [-0.4, -0.2) is 54.1 Å². The number of anilines is 1. The predicted octanol–water partition coefficient (Wildman–Crippen LogP) is 3.41. The number of aliphatic hydroxyl groups excluding tert-OH is 1. The largest absolute Gasteiger partial charge is 0.495 e. The number of aromatic nitrogens is 1. The molecule has 1 heterocycles. The number of hydrogen-bond acceptors (Lipinski definition) is 6. The Kier molecular flexibility index (Phi) is 8.31. The molecule has 0 saturated carbocycles. The first-order chi connectivity index (χ1) is 15.4. The van der Waals surface area contributed by atoms with E-state index in [1.807, 2.05) is 13.8 Å². The number of methoxy groups -OCH3 is 1. The first-order valence-corrected chi connectivity index (χ1v) is 10.4. The third kappa shape index (κ3) is 5.75. The summed E-state index contributed by atoms with van der Waals surface area (Å²) in [4.78, 5) is 16.6. The van der Waals surface area contributed by atoms with Crippen molar-refractivity contribution < 1.29 is 32.9 Å². The van der Waals surface area contributed by atoms with Gasteiger partial charge in [-0.2, -0.15) is 13.2 Å². The molecule has 1 atom stereocenters. The Bertz CT molecular complexity index is 996. The number of rotatable bonds is 9. The Morgan fingerprint density at radius 2 is 1.88 bits per heavy atom. The van der Waals surface area contributed by atoms with E-state index in [0.717, 1.165) is 5.56 Å². The zero-order valence-electron chi connectivity index (χ0n) is 19.3. The van der Waals surface area contributed by atoms with Crippen LogP contribution in [0.15, 0.2) is 24.3 Å². The van der Waals surface area contributed by atoms with Crippen molar-refractivity contribution in [2.24, 2.45) is 0 Å². The molecule has 0 fully saturated rings. The first kappa shape index (κ1) is 26.4. The highest BCUT2D eigenvalue weighted by molar-refractivity contribution is 5.95. The number of carbonyl (C=O) groups is 1. The number of benzene rings is 1. The van der Waals surface area contributed by atoms with Gasteiger partial charge in [0.15, 0.2) is 0 Å². The van der Waals surface area contributed by atoms with Crippen molar-refractivity contribution in [2.75, 3.05) is 32.1 Å². The van der Waals surface area contributed by atoms with Gasteiger partial charge in [-0.3, -0.25) is 9.78 Å². The summed E-state index contributed by atoms with van der Waals surface area (Å²) in [6.07, 6.45) is -5.08. The van der Waals surface area contributed by atoms with Gasteiger partial charge in [0.1, 0.15) is 5.75 Å². The van der Waals surface area contributed by atoms with Crippen LogP contribution in [0.5, 0.6) is 5.75 Å². The molecule has 10 heteroatoms. The van der Waals surface area contributed by atoms with E-state index in [4.69, 9.17) is 9.84 Å². The first-order valence-electron chi connectivity index (χ1n) is 10.4. The maximum Gasteiger partial charge on any atom is 0.424 e. The molecule has 0 saturated heterocycles. The van der Waals surface area contributed by atoms with E-state index < -0.39 is 29.9 Å². The van der Waals surface area contributed by atoms with Crippen LogP contribution in [0.2, 0.25) is 0 Å². The molecule has 7 nitrogen and oxygen atoms in total. The number of nitrogens with zero attached hydrogens (tertiary/aromatic N) is 1. The highest BCUT2D eigenvalue weighted by atomic mass is 19.4. The molecule has 1 aromatic heterocycles. The van der Waals surface area contributed by atoms with Gasteiger partial charge in [0.25, 0.3) is 5.91 Å². The van der Waals surface area contributed by atoms with Crippen LogP contribution in [0.1, 0.15) is 52.6 Å². The van der Waals surface area contributed by atoms with Gasteiger partial charge < -0.3 is 25.6 Å². The molecule has 2 aromatic rings. The van der Waals surface area contributed by atoms with E-state index in [-0.39, 0.29) is 30.4 Å². The fraction of sp³-hybridized carbons (Fsp3) is 0.478. The van der Waals surface area contributed by atoms with Gasteiger partial charge in [-0.25, -0.2) is 0 Å². The molecule has 0 spiro atoms.